The van der Waals surface area contributed by atoms with E-state index < -0.39 is 41.9 Å². The van der Waals surface area contributed by atoms with Gasteiger partial charge in [0.2, 0.25) is 23.6 Å². The van der Waals surface area contributed by atoms with Crippen molar-refractivity contribution in [1.82, 2.24) is 30.7 Å². The lowest BCUT2D eigenvalue weighted by atomic mass is 9.99. The molecule has 0 aromatic heterocycles. The van der Waals surface area contributed by atoms with Crippen LogP contribution in [0.2, 0.25) is 0 Å². The Hall–Kier alpha value is -4.45. The molecule has 1 saturated heterocycles. The Morgan fingerprint density at radius 3 is 2.30 bits per heavy atom. The van der Waals surface area contributed by atoms with Gasteiger partial charge in [-0.1, -0.05) is 56.3 Å². The van der Waals surface area contributed by atoms with E-state index in [4.69, 9.17) is 4.74 Å². The summed E-state index contributed by atoms with van der Waals surface area (Å²) in [7, 11) is 3.51. The van der Waals surface area contributed by atoms with Gasteiger partial charge in [-0.3, -0.25) is 24.0 Å². The van der Waals surface area contributed by atoms with Gasteiger partial charge >= 0.3 is 0 Å². The molecule has 254 valence electrons. The van der Waals surface area contributed by atoms with Crippen LogP contribution in [0.25, 0.3) is 0 Å². The molecule has 2 aromatic rings. The number of carbonyl (C=O) groups is 5. The number of hydrogen-bond donors (Lipinski definition) is 3. The van der Waals surface area contributed by atoms with Crippen LogP contribution in [0.3, 0.4) is 0 Å². The molecule has 0 aliphatic carbocycles. The van der Waals surface area contributed by atoms with E-state index in [9.17, 15) is 24.0 Å². The second kappa shape index (κ2) is 16.4. The van der Waals surface area contributed by atoms with Crippen LogP contribution in [0.1, 0.15) is 49.5 Å². The third-order valence-corrected chi connectivity index (χ3v) is 8.70. The molecule has 0 bridgehead atoms. The molecule has 2 aliphatic heterocycles. The lowest BCUT2D eigenvalue weighted by molar-refractivity contribution is -0.143. The fourth-order valence-corrected chi connectivity index (χ4v) is 5.81. The molecule has 47 heavy (non-hydrogen) atoms. The Bertz CT molecular complexity index is 1420. The summed E-state index contributed by atoms with van der Waals surface area (Å²) in [5.74, 6) is -2.30. The molecule has 0 spiro atoms. The summed E-state index contributed by atoms with van der Waals surface area (Å²) in [6.45, 7) is 7.93. The largest absolute Gasteiger partial charge is 0.491 e. The van der Waals surface area contributed by atoms with Crippen molar-refractivity contribution in [3.05, 3.63) is 65.7 Å². The molecule has 2 aliphatic rings. The maximum atomic E-state index is 14.0. The van der Waals surface area contributed by atoms with Gasteiger partial charge in [0.25, 0.3) is 5.91 Å². The van der Waals surface area contributed by atoms with Crippen LogP contribution in [-0.4, -0.2) is 115 Å². The highest BCUT2D eigenvalue weighted by Gasteiger charge is 2.36. The summed E-state index contributed by atoms with van der Waals surface area (Å²) in [4.78, 5) is 74.2. The Morgan fingerprint density at radius 1 is 0.872 bits per heavy atom. The van der Waals surface area contributed by atoms with E-state index in [0.717, 1.165) is 18.5 Å². The summed E-state index contributed by atoms with van der Waals surface area (Å²) in [6.07, 6.45) is 0.581. The van der Waals surface area contributed by atoms with Gasteiger partial charge in [0.1, 0.15) is 30.5 Å². The summed E-state index contributed by atoms with van der Waals surface area (Å²) >= 11 is 0. The van der Waals surface area contributed by atoms with Crippen LogP contribution in [0.15, 0.2) is 54.6 Å². The van der Waals surface area contributed by atoms with Crippen molar-refractivity contribution in [3.8, 4) is 5.75 Å². The zero-order valence-electron chi connectivity index (χ0n) is 28.0. The maximum Gasteiger partial charge on any atom is 0.255 e. The van der Waals surface area contributed by atoms with Crippen molar-refractivity contribution in [2.75, 3.05) is 46.9 Å². The van der Waals surface area contributed by atoms with E-state index >= 15 is 0 Å². The quantitative estimate of drug-likeness (QED) is 0.456. The van der Waals surface area contributed by atoms with Crippen LogP contribution in [-0.2, 0) is 25.6 Å². The van der Waals surface area contributed by atoms with Crippen LogP contribution in [0.4, 0.5) is 0 Å². The van der Waals surface area contributed by atoms with Crippen LogP contribution >= 0.6 is 0 Å². The summed E-state index contributed by atoms with van der Waals surface area (Å²) in [5, 5.41) is 8.61. The van der Waals surface area contributed by atoms with Crippen molar-refractivity contribution >= 4 is 29.5 Å². The summed E-state index contributed by atoms with van der Waals surface area (Å²) in [6, 6.07) is 12.4. The number of hydrogen-bond acceptors (Lipinski definition) is 7. The predicted octanol–water partition coefficient (Wildman–Crippen LogP) is 1.45. The van der Waals surface area contributed by atoms with Gasteiger partial charge in [-0.05, 0) is 50.6 Å². The molecule has 12 heteroatoms. The lowest BCUT2D eigenvalue weighted by Crippen LogP contribution is -2.58. The maximum absolute atomic E-state index is 14.0. The van der Waals surface area contributed by atoms with E-state index in [2.05, 4.69) is 20.9 Å². The monoisotopic (exact) mass is 648 g/mol. The normalized spacial score (nSPS) is 24.3. The number of para-hydroxylation sites is 1. The highest BCUT2D eigenvalue weighted by molar-refractivity contribution is 6.01. The standard InChI is InChI=1S/C35H48N6O6/c1-23(2)31-34(45)36-24(3)22-47-29-15-10-9-14-26(29)32(43)37-27(35(46)41-17-11-16-39(4)18-19-41)21-30(42)40(5)28(33(44)38-31)20-25-12-7-6-8-13-25/h6-10,12-15,23-24,27-28,31H,11,16-22H2,1-5H3,(H,36,45)(H,37,43)(H,38,44)/t24-,27-,28-,31+/m0/s1. The fourth-order valence-electron chi connectivity index (χ4n) is 5.81. The molecular formula is C35H48N6O6. The molecule has 4 atom stereocenters. The molecule has 2 heterocycles. The van der Waals surface area contributed by atoms with Crippen molar-refractivity contribution in [2.45, 2.75) is 64.2 Å². The second-order valence-corrected chi connectivity index (χ2v) is 12.9. The highest BCUT2D eigenvalue weighted by Crippen LogP contribution is 2.20. The molecule has 0 saturated carbocycles. The average molecular weight is 649 g/mol. The Kier molecular flexibility index (Phi) is 12.4. The van der Waals surface area contributed by atoms with E-state index in [1.54, 1.807) is 36.1 Å². The zero-order chi connectivity index (χ0) is 34.1. The first-order valence-corrected chi connectivity index (χ1v) is 16.3. The Labute approximate surface area is 277 Å². The van der Waals surface area contributed by atoms with E-state index in [-0.39, 0.29) is 48.5 Å². The van der Waals surface area contributed by atoms with E-state index in [1.165, 1.54) is 11.9 Å². The van der Waals surface area contributed by atoms with Crippen LogP contribution < -0.4 is 20.7 Å². The number of nitrogens with zero attached hydrogens (tertiary/aromatic N) is 3. The first-order valence-electron chi connectivity index (χ1n) is 16.3. The van der Waals surface area contributed by atoms with Gasteiger partial charge < -0.3 is 35.4 Å². The number of ether oxygens (including phenoxy) is 1. The number of fused-ring (bicyclic) bond motifs is 1. The topological polar surface area (TPSA) is 140 Å². The first kappa shape index (κ1) is 35.4. The average Bonchev–Trinajstić information content (AvgIpc) is 3.28. The summed E-state index contributed by atoms with van der Waals surface area (Å²) < 4.78 is 5.98. The molecular weight excluding hydrogens is 600 g/mol. The third kappa shape index (κ3) is 9.54. The number of likely N-dealkylation sites (N-methyl/N-ethyl adjacent to an activating group) is 2. The van der Waals surface area contributed by atoms with Crippen LogP contribution in [0.5, 0.6) is 5.75 Å². The SMILES string of the molecule is CC(C)[C@H]1NC(=O)[C@H](Cc2ccccc2)N(C)C(=O)C[C@@H](C(=O)N2CCCN(C)CC2)NC(=O)c2ccccc2OC[C@H](C)NC1=O. The number of amides is 5. The molecule has 12 nitrogen and oxygen atoms in total. The molecule has 0 radical (unpaired) electrons. The molecule has 1 fully saturated rings. The zero-order valence-corrected chi connectivity index (χ0v) is 28.0. The Morgan fingerprint density at radius 2 is 1.57 bits per heavy atom. The molecule has 2 aromatic carbocycles. The first-order chi connectivity index (χ1) is 22.4. The van der Waals surface area contributed by atoms with Gasteiger partial charge in [0, 0.05) is 33.1 Å². The minimum Gasteiger partial charge on any atom is -0.491 e. The number of rotatable bonds is 4. The number of benzene rings is 2. The molecule has 5 amide bonds. The summed E-state index contributed by atoms with van der Waals surface area (Å²) in [5.41, 5.74) is 1.02. The van der Waals surface area contributed by atoms with Gasteiger partial charge in [-0.2, -0.15) is 0 Å². The second-order valence-electron chi connectivity index (χ2n) is 12.9. The lowest BCUT2D eigenvalue weighted by Gasteiger charge is -2.32. The highest BCUT2D eigenvalue weighted by atomic mass is 16.5. The third-order valence-electron chi connectivity index (χ3n) is 8.70. The van der Waals surface area contributed by atoms with Gasteiger partial charge in [-0.25, -0.2) is 0 Å². The van der Waals surface area contributed by atoms with Crippen molar-refractivity contribution < 1.29 is 28.7 Å². The van der Waals surface area contributed by atoms with Gasteiger partial charge in [0.05, 0.1) is 18.0 Å². The molecule has 4 rings (SSSR count). The molecule has 0 unspecified atom stereocenters. The van der Waals surface area contributed by atoms with Crippen molar-refractivity contribution in [3.63, 3.8) is 0 Å². The number of carbonyl (C=O) groups excluding carboxylic acids is 5. The number of nitrogens with one attached hydrogen (secondary N) is 3. The predicted molar refractivity (Wildman–Crippen MR) is 178 cm³/mol. The fraction of sp³-hybridized carbons (Fsp3) is 0.514. The smallest absolute Gasteiger partial charge is 0.255 e. The van der Waals surface area contributed by atoms with E-state index in [0.29, 0.717) is 19.6 Å². The van der Waals surface area contributed by atoms with Gasteiger partial charge in [-0.15, -0.1) is 0 Å². The molecule has 3 N–H and O–H groups in total. The van der Waals surface area contributed by atoms with Crippen LogP contribution in [0, 0.1) is 5.92 Å². The minimum absolute atomic E-state index is 0.0519. The van der Waals surface area contributed by atoms with E-state index in [1.807, 2.05) is 51.2 Å². The van der Waals surface area contributed by atoms with Crippen molar-refractivity contribution in [1.29, 1.82) is 0 Å². The van der Waals surface area contributed by atoms with Gasteiger partial charge in [0.15, 0.2) is 0 Å². The Balaban J connectivity index is 1.73. The minimum atomic E-state index is -1.18. The van der Waals surface area contributed by atoms with Crippen molar-refractivity contribution in [2.24, 2.45) is 5.92 Å².